The Morgan fingerprint density at radius 3 is 1.88 bits per heavy atom. The number of halogens is 6. The number of benzene rings is 3. The molecule has 0 aliphatic heterocycles. The third kappa shape index (κ3) is 2.96. The zero-order valence-corrected chi connectivity index (χ0v) is 12.0. The molecule has 0 saturated carbocycles. The van der Waals surface area contributed by atoms with Crippen LogP contribution >= 0.6 is 0 Å². The highest BCUT2D eigenvalue weighted by molar-refractivity contribution is 5.96. The second-order valence-electron chi connectivity index (χ2n) is 5.28. The minimum absolute atomic E-state index is 0.0899. The lowest BCUT2D eigenvalue weighted by Gasteiger charge is -2.17. The Hall–Kier alpha value is -2.50. The van der Waals surface area contributed by atoms with Crippen molar-refractivity contribution in [1.82, 2.24) is 0 Å². The number of rotatable bonds is 1. The number of hydrogen-bond donors (Lipinski definition) is 0. The Labute approximate surface area is 133 Å². The average Bonchev–Trinajstić information content (AvgIpc) is 2.52. The molecule has 0 radical (unpaired) electrons. The first-order valence-corrected chi connectivity index (χ1v) is 6.94. The molecule has 0 nitrogen and oxygen atoms in total. The van der Waals surface area contributed by atoms with Crippen molar-refractivity contribution in [3.63, 3.8) is 0 Å². The van der Waals surface area contributed by atoms with E-state index in [4.69, 9.17) is 0 Å². The van der Waals surface area contributed by atoms with E-state index in [1.807, 2.05) is 0 Å². The first-order valence-electron chi connectivity index (χ1n) is 6.94. The topological polar surface area (TPSA) is 0 Å². The lowest BCUT2D eigenvalue weighted by atomic mass is 9.94. The van der Waals surface area contributed by atoms with E-state index >= 15 is 0 Å². The summed E-state index contributed by atoms with van der Waals surface area (Å²) in [6, 6.07) is 14.1. The fraction of sp³-hybridized carbons (Fsp3) is 0.111. The van der Waals surface area contributed by atoms with Gasteiger partial charge in [0.1, 0.15) is 0 Å². The summed E-state index contributed by atoms with van der Waals surface area (Å²) in [5.74, 6) is 0. The van der Waals surface area contributed by atoms with E-state index in [1.54, 1.807) is 42.5 Å². The highest BCUT2D eigenvalue weighted by Gasteiger charge is 2.43. The molecule has 0 aliphatic rings. The van der Waals surface area contributed by atoms with Gasteiger partial charge in [0.15, 0.2) is 0 Å². The summed E-state index contributed by atoms with van der Waals surface area (Å²) in [7, 11) is 0. The molecule has 0 aromatic heterocycles. The van der Waals surface area contributed by atoms with Crippen LogP contribution in [0.4, 0.5) is 26.3 Å². The zero-order chi connectivity index (χ0) is 17.5. The van der Waals surface area contributed by atoms with Gasteiger partial charge in [-0.2, -0.15) is 26.3 Å². The SMILES string of the molecule is FC(F)(F)c1ccc(-c2cccc3ccccc23)cc1C(F)(F)F. The molecule has 0 saturated heterocycles. The smallest absolute Gasteiger partial charge is 0.166 e. The van der Waals surface area contributed by atoms with Crippen LogP contribution < -0.4 is 0 Å². The molecular formula is C18H10F6. The maximum absolute atomic E-state index is 13.1. The van der Waals surface area contributed by atoms with E-state index in [2.05, 4.69) is 0 Å². The monoisotopic (exact) mass is 340 g/mol. The number of alkyl halides is 6. The summed E-state index contributed by atoms with van der Waals surface area (Å²) in [5, 5.41) is 1.47. The van der Waals surface area contributed by atoms with Crippen LogP contribution in [0.15, 0.2) is 60.7 Å². The Kier molecular flexibility index (Phi) is 3.78. The van der Waals surface area contributed by atoms with Crippen molar-refractivity contribution in [2.75, 3.05) is 0 Å². The van der Waals surface area contributed by atoms with Crippen molar-refractivity contribution >= 4 is 10.8 Å². The quantitative estimate of drug-likeness (QED) is 0.441. The van der Waals surface area contributed by atoms with Crippen molar-refractivity contribution in [1.29, 1.82) is 0 Å². The average molecular weight is 340 g/mol. The molecule has 124 valence electrons. The Morgan fingerprint density at radius 2 is 1.21 bits per heavy atom. The Bertz CT molecular complexity index is 885. The van der Waals surface area contributed by atoms with Gasteiger partial charge in [0, 0.05) is 0 Å². The minimum atomic E-state index is -5.09. The lowest BCUT2D eigenvalue weighted by molar-refractivity contribution is -0.162. The summed E-state index contributed by atoms with van der Waals surface area (Å²) < 4.78 is 77.9. The Balaban J connectivity index is 2.26. The molecule has 6 heteroatoms. The molecule has 0 fully saturated rings. The molecule has 0 amide bonds. The van der Waals surface area contributed by atoms with Crippen LogP contribution in [-0.2, 0) is 12.4 Å². The van der Waals surface area contributed by atoms with Crippen LogP contribution in [-0.4, -0.2) is 0 Å². The van der Waals surface area contributed by atoms with Crippen LogP contribution in [0.1, 0.15) is 11.1 Å². The van der Waals surface area contributed by atoms with Gasteiger partial charge < -0.3 is 0 Å². The first kappa shape index (κ1) is 16.4. The molecule has 0 N–H and O–H groups in total. The minimum Gasteiger partial charge on any atom is -0.166 e. The summed E-state index contributed by atoms with van der Waals surface area (Å²) in [4.78, 5) is 0. The molecular weight excluding hydrogens is 330 g/mol. The van der Waals surface area contributed by atoms with Crippen molar-refractivity contribution in [3.05, 3.63) is 71.8 Å². The normalized spacial score (nSPS) is 12.6. The number of hydrogen-bond acceptors (Lipinski definition) is 0. The standard InChI is InChI=1S/C18H10F6/c19-17(20,21)15-9-8-12(10-16(15)18(22,23)24)14-7-3-5-11-4-1-2-6-13(11)14/h1-10H. The molecule has 0 spiro atoms. The Morgan fingerprint density at radius 1 is 0.583 bits per heavy atom. The third-order valence-electron chi connectivity index (χ3n) is 3.73. The lowest BCUT2D eigenvalue weighted by Crippen LogP contribution is -2.16. The van der Waals surface area contributed by atoms with Gasteiger partial charge in [-0.15, -0.1) is 0 Å². The van der Waals surface area contributed by atoms with Gasteiger partial charge in [-0.3, -0.25) is 0 Å². The number of fused-ring (bicyclic) bond motifs is 1. The third-order valence-corrected chi connectivity index (χ3v) is 3.73. The van der Waals surface area contributed by atoms with Gasteiger partial charge in [0.05, 0.1) is 11.1 Å². The molecule has 24 heavy (non-hydrogen) atoms. The second kappa shape index (κ2) is 5.54. The maximum atomic E-state index is 13.1. The highest BCUT2D eigenvalue weighted by atomic mass is 19.4. The summed E-state index contributed by atoms with van der Waals surface area (Å²) >= 11 is 0. The molecule has 0 bridgehead atoms. The van der Waals surface area contributed by atoms with Crippen LogP contribution in [0, 0.1) is 0 Å². The maximum Gasteiger partial charge on any atom is 0.417 e. The van der Waals surface area contributed by atoms with Gasteiger partial charge in [-0.05, 0) is 34.0 Å². The fourth-order valence-corrected chi connectivity index (χ4v) is 2.67. The van der Waals surface area contributed by atoms with Crippen molar-refractivity contribution < 1.29 is 26.3 Å². The predicted octanol–water partition coefficient (Wildman–Crippen LogP) is 6.54. The van der Waals surface area contributed by atoms with Crippen molar-refractivity contribution in [2.24, 2.45) is 0 Å². The van der Waals surface area contributed by atoms with Gasteiger partial charge >= 0.3 is 12.4 Å². The highest BCUT2D eigenvalue weighted by Crippen LogP contribution is 2.42. The molecule has 0 aliphatic carbocycles. The van der Waals surface area contributed by atoms with E-state index in [-0.39, 0.29) is 5.56 Å². The molecule has 3 aromatic carbocycles. The summed E-state index contributed by atoms with van der Waals surface area (Å²) in [5.41, 5.74) is -2.82. The fourth-order valence-electron chi connectivity index (χ4n) is 2.67. The van der Waals surface area contributed by atoms with Crippen molar-refractivity contribution in [2.45, 2.75) is 12.4 Å². The van der Waals surface area contributed by atoms with E-state index in [0.29, 0.717) is 23.1 Å². The van der Waals surface area contributed by atoms with Crippen LogP contribution in [0.5, 0.6) is 0 Å². The van der Waals surface area contributed by atoms with Gasteiger partial charge in [-0.25, -0.2) is 0 Å². The summed E-state index contributed by atoms with van der Waals surface area (Å²) in [6.45, 7) is 0. The van der Waals surface area contributed by atoms with Crippen molar-refractivity contribution in [3.8, 4) is 11.1 Å². The van der Waals surface area contributed by atoms with Gasteiger partial charge in [-0.1, -0.05) is 48.5 Å². The van der Waals surface area contributed by atoms with E-state index in [9.17, 15) is 26.3 Å². The second-order valence-corrected chi connectivity index (χ2v) is 5.28. The molecule has 0 atom stereocenters. The van der Waals surface area contributed by atoms with Gasteiger partial charge in [0.25, 0.3) is 0 Å². The molecule has 3 aromatic rings. The largest absolute Gasteiger partial charge is 0.417 e. The molecule has 0 unspecified atom stereocenters. The van der Waals surface area contributed by atoms with Crippen LogP contribution in [0.3, 0.4) is 0 Å². The van der Waals surface area contributed by atoms with Crippen LogP contribution in [0.2, 0.25) is 0 Å². The van der Waals surface area contributed by atoms with Gasteiger partial charge in [0.2, 0.25) is 0 Å². The molecule has 3 rings (SSSR count). The first-order chi connectivity index (χ1) is 11.2. The zero-order valence-electron chi connectivity index (χ0n) is 12.0. The van der Waals surface area contributed by atoms with E-state index in [1.165, 1.54) is 0 Å². The summed E-state index contributed by atoms with van der Waals surface area (Å²) in [6.07, 6.45) is -10.2. The van der Waals surface area contributed by atoms with E-state index in [0.717, 1.165) is 11.5 Å². The predicted molar refractivity (Wildman–Crippen MR) is 79.4 cm³/mol. The molecule has 0 heterocycles. The van der Waals surface area contributed by atoms with Crippen LogP contribution in [0.25, 0.3) is 21.9 Å². The van der Waals surface area contributed by atoms with E-state index < -0.39 is 23.5 Å².